The molecule has 1 saturated carbocycles. The lowest BCUT2D eigenvalue weighted by atomic mass is 10.1. The van der Waals surface area contributed by atoms with Gasteiger partial charge < -0.3 is 19.0 Å². The Morgan fingerprint density at radius 2 is 1.90 bits per heavy atom. The van der Waals surface area contributed by atoms with Crippen LogP contribution in [0.2, 0.25) is 0 Å². The van der Waals surface area contributed by atoms with Crippen molar-refractivity contribution in [3.05, 3.63) is 58.3 Å². The average molecular weight is 420 g/mol. The summed E-state index contributed by atoms with van der Waals surface area (Å²) in [6.07, 6.45) is 4.93. The van der Waals surface area contributed by atoms with E-state index in [-0.39, 0.29) is 11.7 Å². The van der Waals surface area contributed by atoms with E-state index < -0.39 is 0 Å². The summed E-state index contributed by atoms with van der Waals surface area (Å²) in [4.78, 5) is 20.0. The molecule has 0 radical (unpaired) electrons. The van der Waals surface area contributed by atoms with Gasteiger partial charge in [0.1, 0.15) is 0 Å². The minimum Gasteiger partial charge on any atom is -0.493 e. The van der Waals surface area contributed by atoms with Gasteiger partial charge in [0.2, 0.25) is 11.7 Å². The second kappa shape index (κ2) is 7.94. The van der Waals surface area contributed by atoms with Crippen molar-refractivity contribution in [2.75, 3.05) is 14.2 Å². The van der Waals surface area contributed by atoms with Crippen LogP contribution in [0, 0.1) is 0 Å². The molecule has 1 N–H and O–H groups in total. The number of nitrogens with zero attached hydrogens (tertiary/aromatic N) is 3. The van der Waals surface area contributed by atoms with Crippen LogP contribution in [0.1, 0.15) is 43.2 Å². The summed E-state index contributed by atoms with van der Waals surface area (Å²) in [7, 11) is 3.21. The number of aromatic nitrogens is 4. The molecule has 0 bridgehead atoms. The van der Waals surface area contributed by atoms with Gasteiger partial charge in [0.05, 0.1) is 31.7 Å². The first-order chi connectivity index (χ1) is 15.2. The largest absolute Gasteiger partial charge is 0.493 e. The van der Waals surface area contributed by atoms with Gasteiger partial charge in [0, 0.05) is 11.6 Å². The Morgan fingerprint density at radius 3 is 2.68 bits per heavy atom. The lowest BCUT2D eigenvalue weighted by Crippen LogP contribution is -2.20. The van der Waals surface area contributed by atoms with Crippen LogP contribution in [-0.2, 0) is 6.42 Å². The fourth-order valence-corrected chi connectivity index (χ4v) is 4.40. The number of fused-ring (bicyclic) bond motifs is 1. The van der Waals surface area contributed by atoms with Crippen LogP contribution in [0.15, 0.2) is 45.7 Å². The first kappa shape index (κ1) is 19.4. The van der Waals surface area contributed by atoms with Gasteiger partial charge in [-0.2, -0.15) is 4.98 Å². The second-order valence-electron chi connectivity index (χ2n) is 7.85. The lowest BCUT2D eigenvalue weighted by Gasteiger charge is -2.11. The molecule has 1 fully saturated rings. The first-order valence-corrected chi connectivity index (χ1v) is 10.4. The van der Waals surface area contributed by atoms with Crippen LogP contribution in [0.4, 0.5) is 0 Å². The Labute approximate surface area is 178 Å². The van der Waals surface area contributed by atoms with Gasteiger partial charge in [-0.25, -0.2) is 4.79 Å². The van der Waals surface area contributed by atoms with Crippen LogP contribution in [-0.4, -0.2) is 33.9 Å². The maximum atomic E-state index is 12.5. The average Bonchev–Trinajstić information content (AvgIpc) is 3.52. The summed E-state index contributed by atoms with van der Waals surface area (Å²) < 4.78 is 18.0. The second-order valence-corrected chi connectivity index (χ2v) is 7.85. The summed E-state index contributed by atoms with van der Waals surface area (Å²) in [5.74, 6) is 2.32. The number of H-pyrrole nitrogens is 1. The minimum atomic E-state index is -0.0543. The monoisotopic (exact) mass is 420 g/mol. The van der Waals surface area contributed by atoms with Crippen LogP contribution >= 0.6 is 0 Å². The van der Waals surface area contributed by atoms with E-state index in [0.717, 1.165) is 35.0 Å². The third kappa shape index (κ3) is 3.58. The molecule has 0 spiro atoms. The Balaban J connectivity index is 1.41. The highest BCUT2D eigenvalue weighted by Crippen LogP contribution is 2.32. The maximum Gasteiger partial charge on any atom is 0.326 e. The first-order valence-electron chi connectivity index (χ1n) is 10.4. The summed E-state index contributed by atoms with van der Waals surface area (Å²) >= 11 is 0. The molecule has 8 nitrogen and oxygen atoms in total. The van der Waals surface area contributed by atoms with Crippen molar-refractivity contribution in [1.29, 1.82) is 0 Å². The molecule has 2 heterocycles. The van der Waals surface area contributed by atoms with E-state index >= 15 is 0 Å². The lowest BCUT2D eigenvalue weighted by molar-refractivity contribution is 0.354. The number of hydrogen-bond acceptors (Lipinski definition) is 6. The third-order valence-electron chi connectivity index (χ3n) is 5.94. The standard InChI is InChI=1S/C23H24N4O4/c1-29-19-10-7-14(11-20(19)30-2)12-21-25-22(26-31-21)15-8-9-18-17(13-15)24-23(28)27(18)16-5-3-4-6-16/h7-11,13,16H,3-6,12H2,1-2H3,(H,24,28). The number of nitrogens with one attached hydrogen (secondary N) is 1. The molecule has 0 unspecified atom stereocenters. The molecular weight excluding hydrogens is 396 g/mol. The minimum absolute atomic E-state index is 0.0543. The Kier molecular flexibility index (Phi) is 4.97. The van der Waals surface area contributed by atoms with E-state index in [0.29, 0.717) is 29.6 Å². The Hall–Kier alpha value is -3.55. The van der Waals surface area contributed by atoms with E-state index in [1.807, 2.05) is 41.0 Å². The van der Waals surface area contributed by atoms with E-state index in [9.17, 15) is 4.79 Å². The molecule has 1 aliphatic carbocycles. The van der Waals surface area contributed by atoms with Crippen molar-refractivity contribution in [2.45, 2.75) is 38.1 Å². The van der Waals surface area contributed by atoms with Gasteiger partial charge >= 0.3 is 5.69 Å². The van der Waals surface area contributed by atoms with Crippen molar-refractivity contribution in [2.24, 2.45) is 0 Å². The molecule has 0 aliphatic heterocycles. The topological polar surface area (TPSA) is 95.2 Å². The van der Waals surface area contributed by atoms with E-state index in [1.165, 1.54) is 12.8 Å². The van der Waals surface area contributed by atoms with E-state index in [2.05, 4.69) is 15.1 Å². The Bertz CT molecular complexity index is 1280. The SMILES string of the molecule is COc1ccc(Cc2nc(-c3ccc4c(c3)[nH]c(=O)n4C3CCCC3)no2)cc1OC. The fraction of sp³-hybridized carbons (Fsp3) is 0.348. The van der Waals surface area contributed by atoms with Crippen LogP contribution in [0.3, 0.4) is 0 Å². The predicted octanol–water partition coefficient (Wildman–Crippen LogP) is 4.10. The molecular formula is C23H24N4O4. The molecule has 0 saturated heterocycles. The highest BCUT2D eigenvalue weighted by atomic mass is 16.5. The van der Waals surface area contributed by atoms with Crippen LogP contribution in [0.5, 0.6) is 11.5 Å². The fourth-order valence-electron chi connectivity index (χ4n) is 4.40. The van der Waals surface area contributed by atoms with Crippen LogP contribution < -0.4 is 15.2 Å². The van der Waals surface area contributed by atoms with Crippen molar-refractivity contribution in [3.63, 3.8) is 0 Å². The van der Waals surface area contributed by atoms with Crippen molar-refractivity contribution >= 4 is 11.0 Å². The smallest absolute Gasteiger partial charge is 0.326 e. The number of rotatable bonds is 6. The number of ether oxygens (including phenoxy) is 2. The van der Waals surface area contributed by atoms with Crippen molar-refractivity contribution < 1.29 is 14.0 Å². The van der Waals surface area contributed by atoms with E-state index in [1.54, 1.807) is 14.2 Å². The molecule has 5 rings (SSSR count). The molecule has 0 atom stereocenters. The van der Waals surface area contributed by atoms with Crippen LogP contribution in [0.25, 0.3) is 22.4 Å². The molecule has 31 heavy (non-hydrogen) atoms. The Morgan fingerprint density at radius 1 is 1.10 bits per heavy atom. The normalized spacial score (nSPS) is 14.4. The molecule has 2 aromatic carbocycles. The molecule has 4 aromatic rings. The molecule has 2 aromatic heterocycles. The zero-order chi connectivity index (χ0) is 21.4. The number of aromatic amines is 1. The van der Waals surface area contributed by atoms with Crippen molar-refractivity contribution in [1.82, 2.24) is 19.7 Å². The predicted molar refractivity (Wildman–Crippen MR) is 116 cm³/mol. The summed E-state index contributed by atoms with van der Waals surface area (Å²) in [6, 6.07) is 11.8. The van der Waals surface area contributed by atoms with Gasteiger partial charge in [-0.1, -0.05) is 24.1 Å². The third-order valence-corrected chi connectivity index (χ3v) is 5.94. The number of benzene rings is 2. The molecule has 160 valence electrons. The number of imidazole rings is 1. The molecule has 1 aliphatic rings. The van der Waals surface area contributed by atoms with Gasteiger partial charge in [-0.3, -0.25) is 4.57 Å². The summed E-state index contributed by atoms with van der Waals surface area (Å²) in [5.41, 5.74) is 3.44. The highest BCUT2D eigenvalue weighted by molar-refractivity contribution is 5.80. The number of methoxy groups -OCH3 is 2. The summed E-state index contributed by atoms with van der Waals surface area (Å²) in [5, 5.41) is 4.13. The van der Waals surface area contributed by atoms with Gasteiger partial charge in [-0.05, 0) is 48.7 Å². The quantitative estimate of drug-likeness (QED) is 0.505. The molecule has 0 amide bonds. The summed E-state index contributed by atoms with van der Waals surface area (Å²) in [6.45, 7) is 0. The maximum absolute atomic E-state index is 12.5. The van der Waals surface area contributed by atoms with Gasteiger partial charge in [0.25, 0.3) is 0 Å². The zero-order valence-corrected chi connectivity index (χ0v) is 17.6. The molecule has 8 heteroatoms. The highest BCUT2D eigenvalue weighted by Gasteiger charge is 2.21. The number of hydrogen-bond donors (Lipinski definition) is 1. The van der Waals surface area contributed by atoms with Crippen molar-refractivity contribution in [3.8, 4) is 22.9 Å². The van der Waals surface area contributed by atoms with Gasteiger partial charge in [0.15, 0.2) is 11.5 Å². The van der Waals surface area contributed by atoms with Gasteiger partial charge in [-0.15, -0.1) is 0 Å². The zero-order valence-electron chi connectivity index (χ0n) is 17.6. The van der Waals surface area contributed by atoms with E-state index in [4.69, 9.17) is 14.0 Å².